The minimum atomic E-state index is 0.266. The van der Waals surface area contributed by atoms with Crippen molar-refractivity contribution in [2.75, 3.05) is 6.61 Å². The van der Waals surface area contributed by atoms with Crippen LogP contribution >= 0.6 is 0 Å². The van der Waals surface area contributed by atoms with Gasteiger partial charge in [-0.15, -0.1) is 0 Å². The first-order valence-electron chi connectivity index (χ1n) is 6.82. The molecule has 1 N–H and O–H groups in total. The third kappa shape index (κ3) is 2.20. The van der Waals surface area contributed by atoms with Gasteiger partial charge in [0.1, 0.15) is 0 Å². The molecular formula is C15H24O2. The molecule has 2 aliphatic rings. The van der Waals surface area contributed by atoms with E-state index < -0.39 is 0 Å². The van der Waals surface area contributed by atoms with Gasteiger partial charge in [0, 0.05) is 13.0 Å². The predicted molar refractivity (Wildman–Crippen MR) is 68.6 cm³/mol. The third-order valence-electron chi connectivity index (χ3n) is 5.13. The van der Waals surface area contributed by atoms with E-state index in [1.165, 1.54) is 18.4 Å². The molecule has 0 radical (unpaired) electrons. The summed E-state index contributed by atoms with van der Waals surface area (Å²) >= 11 is 0. The van der Waals surface area contributed by atoms with Crippen molar-refractivity contribution in [1.29, 1.82) is 0 Å². The van der Waals surface area contributed by atoms with E-state index in [0.717, 1.165) is 24.8 Å². The van der Waals surface area contributed by atoms with Crippen molar-refractivity contribution >= 4 is 5.78 Å². The van der Waals surface area contributed by atoms with Crippen molar-refractivity contribution in [3.63, 3.8) is 0 Å². The van der Waals surface area contributed by atoms with Gasteiger partial charge in [0.05, 0.1) is 0 Å². The number of Topliss-reactive ketones (excluding diaryl/α,β-unsaturated/α-hetero) is 1. The van der Waals surface area contributed by atoms with E-state index in [1.54, 1.807) is 0 Å². The Morgan fingerprint density at radius 2 is 2.18 bits per heavy atom. The Morgan fingerprint density at radius 1 is 1.47 bits per heavy atom. The SMILES string of the molecule is CC1=C2C[C@H](C(C)CO)CC[C@]2(C)CCC1=O. The van der Waals surface area contributed by atoms with E-state index in [1.807, 2.05) is 6.92 Å². The van der Waals surface area contributed by atoms with Gasteiger partial charge in [0.15, 0.2) is 5.78 Å². The van der Waals surface area contributed by atoms with Crippen molar-refractivity contribution in [2.45, 2.75) is 52.9 Å². The fraction of sp³-hybridized carbons (Fsp3) is 0.800. The molecule has 2 rings (SSSR count). The maximum atomic E-state index is 11.8. The summed E-state index contributed by atoms with van der Waals surface area (Å²) in [6, 6.07) is 0. The Morgan fingerprint density at radius 3 is 2.82 bits per heavy atom. The molecule has 0 spiro atoms. The summed E-state index contributed by atoms with van der Waals surface area (Å²) in [5, 5.41) is 9.28. The second-order valence-corrected chi connectivity index (χ2v) is 6.25. The number of hydrogen-bond acceptors (Lipinski definition) is 2. The molecule has 96 valence electrons. The molecule has 0 aromatic heterocycles. The average molecular weight is 236 g/mol. The molecule has 0 heterocycles. The number of allylic oxidation sites excluding steroid dienone is 2. The zero-order valence-electron chi connectivity index (χ0n) is 11.3. The number of ketones is 1. The van der Waals surface area contributed by atoms with E-state index >= 15 is 0 Å². The van der Waals surface area contributed by atoms with Crippen molar-refractivity contribution in [2.24, 2.45) is 17.3 Å². The molecule has 17 heavy (non-hydrogen) atoms. The molecule has 0 bridgehead atoms. The predicted octanol–water partition coefficient (Wildman–Crippen LogP) is 3.10. The number of carbonyl (C=O) groups is 1. The van der Waals surface area contributed by atoms with Crippen LogP contribution in [0.1, 0.15) is 52.9 Å². The summed E-state index contributed by atoms with van der Waals surface area (Å²) in [6.45, 7) is 6.70. The first-order valence-corrected chi connectivity index (χ1v) is 6.82. The fourth-order valence-corrected chi connectivity index (χ4v) is 3.53. The monoisotopic (exact) mass is 236 g/mol. The molecule has 0 aromatic rings. The normalized spacial score (nSPS) is 35.8. The number of carbonyl (C=O) groups excluding carboxylic acids is 1. The van der Waals surface area contributed by atoms with Crippen LogP contribution < -0.4 is 0 Å². The van der Waals surface area contributed by atoms with E-state index in [0.29, 0.717) is 17.6 Å². The Kier molecular flexibility index (Phi) is 3.44. The van der Waals surface area contributed by atoms with E-state index in [-0.39, 0.29) is 12.0 Å². The van der Waals surface area contributed by atoms with Crippen molar-refractivity contribution < 1.29 is 9.90 Å². The smallest absolute Gasteiger partial charge is 0.158 e. The highest BCUT2D eigenvalue weighted by molar-refractivity contribution is 5.96. The van der Waals surface area contributed by atoms with Gasteiger partial charge in [0.25, 0.3) is 0 Å². The minimum Gasteiger partial charge on any atom is -0.396 e. The van der Waals surface area contributed by atoms with Crippen molar-refractivity contribution in [3.8, 4) is 0 Å². The second-order valence-electron chi connectivity index (χ2n) is 6.25. The molecule has 2 aliphatic carbocycles. The zero-order valence-corrected chi connectivity index (χ0v) is 11.3. The first kappa shape index (κ1) is 12.8. The summed E-state index contributed by atoms with van der Waals surface area (Å²) in [5.74, 6) is 1.26. The second kappa shape index (κ2) is 4.56. The zero-order chi connectivity index (χ0) is 12.6. The molecule has 2 heteroatoms. The van der Waals surface area contributed by atoms with Crippen LogP contribution in [0.5, 0.6) is 0 Å². The van der Waals surface area contributed by atoms with Crippen LogP contribution in [0, 0.1) is 17.3 Å². The topological polar surface area (TPSA) is 37.3 Å². The summed E-state index contributed by atoms with van der Waals surface area (Å²) in [6.07, 6.45) is 5.16. The Hall–Kier alpha value is -0.630. The molecule has 0 aromatic carbocycles. The molecule has 1 fully saturated rings. The Labute approximate surface area is 104 Å². The van der Waals surface area contributed by atoms with Crippen molar-refractivity contribution in [1.82, 2.24) is 0 Å². The molecule has 2 nitrogen and oxygen atoms in total. The van der Waals surface area contributed by atoms with E-state index in [4.69, 9.17) is 0 Å². The summed E-state index contributed by atoms with van der Waals surface area (Å²) in [7, 11) is 0. The summed E-state index contributed by atoms with van der Waals surface area (Å²) in [5.41, 5.74) is 2.68. The average Bonchev–Trinajstić information content (AvgIpc) is 2.33. The molecule has 3 atom stereocenters. The lowest BCUT2D eigenvalue weighted by Crippen LogP contribution is -2.35. The summed E-state index contributed by atoms with van der Waals surface area (Å²) < 4.78 is 0. The largest absolute Gasteiger partial charge is 0.396 e. The molecule has 1 saturated carbocycles. The van der Waals surface area contributed by atoms with E-state index in [2.05, 4.69) is 13.8 Å². The molecule has 0 aliphatic heterocycles. The van der Waals surface area contributed by atoms with Crippen LogP contribution in [0.2, 0.25) is 0 Å². The molecule has 0 amide bonds. The van der Waals surface area contributed by atoms with Gasteiger partial charge < -0.3 is 5.11 Å². The van der Waals surface area contributed by atoms with Crippen LogP contribution in [0.4, 0.5) is 0 Å². The maximum Gasteiger partial charge on any atom is 0.158 e. The first-order chi connectivity index (χ1) is 7.98. The Bertz CT molecular complexity index is 356. The van der Waals surface area contributed by atoms with Gasteiger partial charge in [-0.05, 0) is 55.4 Å². The number of aliphatic hydroxyl groups is 1. The highest BCUT2D eigenvalue weighted by Crippen LogP contribution is 2.51. The number of rotatable bonds is 2. The highest BCUT2D eigenvalue weighted by Gasteiger charge is 2.41. The van der Waals surface area contributed by atoms with Gasteiger partial charge >= 0.3 is 0 Å². The van der Waals surface area contributed by atoms with Gasteiger partial charge in [-0.2, -0.15) is 0 Å². The third-order valence-corrected chi connectivity index (χ3v) is 5.13. The fourth-order valence-electron chi connectivity index (χ4n) is 3.53. The van der Waals surface area contributed by atoms with Crippen LogP contribution in [0.3, 0.4) is 0 Å². The van der Waals surface area contributed by atoms with Crippen LogP contribution in [-0.4, -0.2) is 17.5 Å². The van der Waals surface area contributed by atoms with Gasteiger partial charge in [-0.25, -0.2) is 0 Å². The number of hydrogen-bond donors (Lipinski definition) is 1. The van der Waals surface area contributed by atoms with Crippen LogP contribution in [-0.2, 0) is 4.79 Å². The lowest BCUT2D eigenvalue weighted by Gasteiger charge is -2.44. The standard InChI is InChI=1S/C15H24O2/c1-10(9-16)12-4-6-15(3)7-5-14(17)11(2)13(15)8-12/h10,12,16H,4-9H2,1-3H3/t10?,12-,15-/m1/s1. The number of aliphatic hydroxyl groups excluding tert-OH is 1. The summed E-state index contributed by atoms with van der Waals surface area (Å²) in [4.78, 5) is 11.8. The van der Waals surface area contributed by atoms with E-state index in [9.17, 15) is 9.90 Å². The quantitative estimate of drug-likeness (QED) is 0.800. The van der Waals surface area contributed by atoms with Gasteiger partial charge in [-0.3, -0.25) is 4.79 Å². The Balaban J connectivity index is 2.26. The highest BCUT2D eigenvalue weighted by atomic mass is 16.3. The van der Waals surface area contributed by atoms with Gasteiger partial charge in [-0.1, -0.05) is 19.4 Å². The van der Waals surface area contributed by atoms with Crippen LogP contribution in [0.15, 0.2) is 11.1 Å². The minimum absolute atomic E-state index is 0.266. The maximum absolute atomic E-state index is 11.8. The molecule has 0 saturated heterocycles. The molecular weight excluding hydrogens is 212 g/mol. The number of fused-ring (bicyclic) bond motifs is 1. The lowest BCUT2D eigenvalue weighted by molar-refractivity contribution is -0.117. The van der Waals surface area contributed by atoms with Gasteiger partial charge in [0.2, 0.25) is 0 Å². The van der Waals surface area contributed by atoms with Crippen LogP contribution in [0.25, 0.3) is 0 Å². The molecule has 1 unspecified atom stereocenters. The lowest BCUT2D eigenvalue weighted by atomic mass is 9.60. The van der Waals surface area contributed by atoms with Crippen molar-refractivity contribution in [3.05, 3.63) is 11.1 Å².